The molecule has 114 valence electrons. The smallest absolute Gasteiger partial charge is 1.00 e. The zero-order chi connectivity index (χ0) is 14.1. The molecule has 2 aromatic carbocycles. The van der Waals surface area contributed by atoms with Crippen LogP contribution in [0.4, 0.5) is 0 Å². The largest absolute Gasteiger partial charge is 1.00 e. The molecule has 0 spiro atoms. The molecule has 1 atom stereocenters. The van der Waals surface area contributed by atoms with Gasteiger partial charge in [0.05, 0.1) is 0 Å². The number of hydrogen-bond acceptors (Lipinski definition) is 0. The van der Waals surface area contributed by atoms with Crippen molar-refractivity contribution in [3.63, 3.8) is 0 Å². The van der Waals surface area contributed by atoms with E-state index < -0.39 is 0 Å². The molecule has 3 rings (SSSR count). The van der Waals surface area contributed by atoms with Crippen molar-refractivity contribution in [2.24, 2.45) is 0 Å². The fourth-order valence-electron chi connectivity index (χ4n) is 2.98. The Labute approximate surface area is 158 Å². The average Bonchev–Trinajstić information content (AvgIpc) is 2.76. The minimum Gasteiger partial charge on any atom is -1.00 e. The molecule has 0 N–H and O–H groups in total. The van der Waals surface area contributed by atoms with E-state index in [-0.39, 0.29) is 53.1 Å². The summed E-state index contributed by atoms with van der Waals surface area (Å²) in [6, 6.07) is 17.7. The monoisotopic (exact) mass is 424 g/mol. The molecular formula is C18H20Cl2SiZr. The molecule has 0 saturated carbocycles. The molecule has 4 heteroatoms. The Balaban J connectivity index is 0.00000121. The van der Waals surface area contributed by atoms with Crippen molar-refractivity contribution in [1.29, 1.82) is 0 Å². The van der Waals surface area contributed by atoms with Gasteiger partial charge in [-0.25, -0.2) is 0 Å². The van der Waals surface area contributed by atoms with Gasteiger partial charge in [0, 0.05) is 0 Å². The maximum atomic E-state index is 2.53. The van der Waals surface area contributed by atoms with Crippen molar-refractivity contribution < 1.29 is 47.2 Å². The van der Waals surface area contributed by atoms with Crippen LogP contribution < -0.4 is 24.8 Å². The van der Waals surface area contributed by atoms with E-state index in [9.17, 15) is 0 Å². The minimum atomic E-state index is -0.381. The first-order valence-electron chi connectivity index (χ1n) is 7.29. The fraction of sp³-hybridized carbons (Fsp3) is 0.222. The second kappa shape index (κ2) is 8.64. The van der Waals surface area contributed by atoms with Crippen molar-refractivity contribution in [2.45, 2.75) is 23.6 Å². The van der Waals surface area contributed by atoms with Crippen LogP contribution >= 0.6 is 0 Å². The Hall–Kier alpha value is -0.140. The Kier molecular flexibility index (Phi) is 7.82. The van der Waals surface area contributed by atoms with E-state index in [0.29, 0.717) is 0 Å². The van der Waals surface area contributed by atoms with Crippen LogP contribution in [0.25, 0.3) is 17.2 Å². The summed E-state index contributed by atoms with van der Waals surface area (Å²) in [4.78, 5) is 0. The maximum absolute atomic E-state index is 2.53. The van der Waals surface area contributed by atoms with E-state index in [1.807, 2.05) is 0 Å². The molecule has 0 heterocycles. The van der Waals surface area contributed by atoms with Gasteiger partial charge in [0.15, 0.2) is 0 Å². The molecule has 1 aliphatic carbocycles. The summed E-state index contributed by atoms with van der Waals surface area (Å²) in [5.74, 6) is -0.381. The third kappa shape index (κ3) is 4.03. The molecule has 1 unspecified atom stereocenters. The summed E-state index contributed by atoms with van der Waals surface area (Å²) in [5.41, 5.74) is 7.50. The molecule has 0 amide bonds. The molecule has 2 aromatic rings. The summed E-state index contributed by atoms with van der Waals surface area (Å²) >= 11 is -0.259. The second-order valence-electron chi connectivity index (χ2n) is 5.82. The molecule has 0 aromatic heterocycles. The third-order valence-corrected chi connectivity index (χ3v) is 14.1. The number of rotatable bonds is 3. The van der Waals surface area contributed by atoms with Crippen LogP contribution in [0.2, 0.25) is 13.1 Å². The van der Waals surface area contributed by atoms with Crippen LogP contribution in [-0.4, -0.2) is 5.92 Å². The molecule has 0 aliphatic heterocycles. The number of halogens is 2. The van der Waals surface area contributed by atoms with Gasteiger partial charge in [-0.2, -0.15) is 0 Å². The SMILES string of the molecule is CC1=Cc2c(-c3ccccc3)cccc2[CH]1[Zr+2][SiH](C)C.[Cl-].[Cl-]. The van der Waals surface area contributed by atoms with Crippen molar-refractivity contribution in [3.8, 4) is 11.1 Å². The van der Waals surface area contributed by atoms with Gasteiger partial charge in [0.25, 0.3) is 0 Å². The predicted molar refractivity (Wildman–Crippen MR) is 87.1 cm³/mol. The van der Waals surface area contributed by atoms with Crippen molar-refractivity contribution in [2.75, 3.05) is 0 Å². The normalized spacial score (nSPS) is 15.3. The zero-order valence-electron chi connectivity index (χ0n) is 13.1. The van der Waals surface area contributed by atoms with Gasteiger partial charge in [-0.05, 0) is 0 Å². The van der Waals surface area contributed by atoms with Gasteiger partial charge in [0.2, 0.25) is 0 Å². The quantitative estimate of drug-likeness (QED) is 0.546. The number of hydrogen-bond donors (Lipinski definition) is 0. The Morgan fingerprint density at radius 1 is 0.909 bits per heavy atom. The molecule has 0 fully saturated rings. The summed E-state index contributed by atoms with van der Waals surface area (Å²) in [7, 11) is 0. The van der Waals surface area contributed by atoms with Crippen molar-refractivity contribution in [3.05, 3.63) is 65.2 Å². The van der Waals surface area contributed by atoms with E-state index in [1.54, 1.807) is 11.1 Å². The first kappa shape index (κ1) is 19.9. The van der Waals surface area contributed by atoms with Gasteiger partial charge >= 0.3 is 134 Å². The van der Waals surface area contributed by atoms with E-state index >= 15 is 0 Å². The number of fused-ring (bicyclic) bond motifs is 1. The molecule has 0 radical (unpaired) electrons. The predicted octanol–water partition coefficient (Wildman–Crippen LogP) is -1.11. The summed E-state index contributed by atoms with van der Waals surface area (Å²) in [5, 5.41) is 0. The van der Waals surface area contributed by atoms with E-state index in [0.717, 1.165) is 3.63 Å². The van der Waals surface area contributed by atoms with Gasteiger partial charge in [-0.1, -0.05) is 0 Å². The van der Waals surface area contributed by atoms with E-state index in [2.05, 4.69) is 74.6 Å². The molecular weight excluding hydrogens is 406 g/mol. The summed E-state index contributed by atoms with van der Waals surface area (Å²) < 4.78 is 0.837. The van der Waals surface area contributed by atoms with Crippen LogP contribution in [0.3, 0.4) is 0 Å². The van der Waals surface area contributed by atoms with Crippen molar-refractivity contribution >= 4 is 12.0 Å². The van der Waals surface area contributed by atoms with Crippen LogP contribution in [0.5, 0.6) is 0 Å². The molecule has 0 nitrogen and oxygen atoms in total. The van der Waals surface area contributed by atoms with Gasteiger partial charge in [0.1, 0.15) is 0 Å². The molecule has 1 aliphatic rings. The Morgan fingerprint density at radius 3 is 2.23 bits per heavy atom. The number of allylic oxidation sites excluding steroid dienone is 1. The van der Waals surface area contributed by atoms with Crippen molar-refractivity contribution in [1.82, 2.24) is 0 Å². The first-order valence-corrected chi connectivity index (χ1v) is 15.9. The summed E-state index contributed by atoms with van der Waals surface area (Å²) in [6.07, 6.45) is 2.46. The summed E-state index contributed by atoms with van der Waals surface area (Å²) in [6.45, 7) is 7.40. The third-order valence-electron chi connectivity index (χ3n) is 3.86. The van der Waals surface area contributed by atoms with Gasteiger partial charge in [-0.3, -0.25) is 0 Å². The van der Waals surface area contributed by atoms with E-state index in [4.69, 9.17) is 0 Å². The molecule has 22 heavy (non-hydrogen) atoms. The van der Waals surface area contributed by atoms with Crippen LogP contribution in [0.15, 0.2) is 54.1 Å². The Bertz CT molecular complexity index is 653. The fourth-order valence-corrected chi connectivity index (χ4v) is 13.1. The van der Waals surface area contributed by atoms with Gasteiger partial charge < -0.3 is 24.8 Å². The first-order chi connectivity index (χ1) is 9.66. The Morgan fingerprint density at radius 2 is 1.59 bits per heavy atom. The topological polar surface area (TPSA) is 0 Å². The zero-order valence-corrected chi connectivity index (χ0v) is 18.2. The van der Waals surface area contributed by atoms with E-state index in [1.165, 1.54) is 16.7 Å². The second-order valence-corrected chi connectivity index (χ2v) is 20.9. The van der Waals surface area contributed by atoms with Crippen LogP contribution in [0.1, 0.15) is 21.7 Å². The number of benzene rings is 2. The van der Waals surface area contributed by atoms with Gasteiger partial charge in [-0.15, -0.1) is 0 Å². The van der Waals surface area contributed by atoms with Crippen LogP contribution in [0, 0.1) is 0 Å². The standard InChI is InChI=1S/C16H13.C2H7Si.2ClH.Zr/c1-12-10-14-8-5-9-15(16(14)11-12)13-6-3-2-4-7-13;1-3-2;;;/h2-11H,1H3;3H,1-2H3;2*1H;/q;;;;+2/p-2. The average molecular weight is 427 g/mol. The molecule has 0 bridgehead atoms. The van der Waals surface area contributed by atoms with Crippen LogP contribution in [-0.2, 0) is 22.4 Å². The maximum Gasteiger partial charge on any atom is -1.00 e. The molecule has 0 saturated heterocycles. The minimum absolute atomic E-state index is 0.